The first-order chi connectivity index (χ1) is 12.5. The number of anilines is 1. The Kier molecular flexibility index (Phi) is 9.92. The minimum Gasteiger partial charge on any atom is -0.489 e. The molecular weight excluding hydrogens is 453 g/mol. The average molecular weight is 483 g/mol. The maximum atomic E-state index is 5.98. The van der Waals surface area contributed by atoms with Gasteiger partial charge in [-0.25, -0.2) is 4.98 Å². The number of nitrogens with zero attached hydrogens (tertiary/aromatic N) is 3. The summed E-state index contributed by atoms with van der Waals surface area (Å²) in [5.74, 6) is 2.57. The molecule has 2 aromatic rings. The van der Waals surface area contributed by atoms with E-state index in [2.05, 4.69) is 20.6 Å². The zero-order valence-electron chi connectivity index (χ0n) is 16.7. The lowest BCUT2D eigenvalue weighted by atomic mass is 10.2. The van der Waals surface area contributed by atoms with Crippen molar-refractivity contribution in [3.05, 3.63) is 53.7 Å². The molecule has 0 amide bonds. The highest BCUT2D eigenvalue weighted by Gasteiger charge is 2.08. The summed E-state index contributed by atoms with van der Waals surface area (Å²) < 4.78 is 5.98. The number of aliphatic imine (C=N–C) groups is 1. The van der Waals surface area contributed by atoms with Crippen molar-refractivity contribution in [3.63, 3.8) is 0 Å². The molecule has 0 aliphatic carbocycles. The summed E-state index contributed by atoms with van der Waals surface area (Å²) >= 11 is 0. The smallest absolute Gasteiger partial charge is 0.191 e. The molecule has 0 saturated carbocycles. The average Bonchev–Trinajstić information content (AvgIpc) is 2.64. The number of nitrogens with one attached hydrogen (secondary N) is 2. The summed E-state index contributed by atoms with van der Waals surface area (Å²) in [6.07, 6.45) is 0.0184. The van der Waals surface area contributed by atoms with Gasteiger partial charge < -0.3 is 20.3 Å². The number of halogens is 1. The van der Waals surface area contributed by atoms with Gasteiger partial charge >= 0.3 is 0 Å². The van der Waals surface area contributed by atoms with Crippen LogP contribution in [0.4, 0.5) is 5.82 Å². The molecule has 2 rings (SSSR count). The maximum Gasteiger partial charge on any atom is 0.191 e. The molecule has 2 N–H and O–H groups in total. The molecule has 6 nitrogen and oxygen atoms in total. The molecule has 0 aliphatic rings. The molecule has 7 heteroatoms. The number of aromatic nitrogens is 1. The maximum absolute atomic E-state index is 5.98. The van der Waals surface area contributed by atoms with Crippen molar-refractivity contribution in [1.82, 2.24) is 15.6 Å². The highest BCUT2D eigenvalue weighted by molar-refractivity contribution is 14.0. The standard InChI is InChI=1S/C20H29N5O.HI/c1-15-9-6-7-11-18(15)26-16(2)13-22-20(21-3)23-14-17-10-8-12-19(24-17)25(4)5;/h6-12,16H,13-14H2,1-5H3,(H2,21,22,23);1H. The first-order valence-corrected chi connectivity index (χ1v) is 8.79. The summed E-state index contributed by atoms with van der Waals surface area (Å²) in [5.41, 5.74) is 2.09. The third kappa shape index (κ3) is 7.62. The van der Waals surface area contributed by atoms with Gasteiger partial charge in [-0.2, -0.15) is 0 Å². The van der Waals surface area contributed by atoms with Gasteiger partial charge in [0.1, 0.15) is 17.7 Å². The van der Waals surface area contributed by atoms with E-state index in [4.69, 9.17) is 4.74 Å². The molecule has 0 fully saturated rings. The van der Waals surface area contributed by atoms with E-state index < -0.39 is 0 Å². The number of hydrogen-bond acceptors (Lipinski definition) is 4. The summed E-state index contributed by atoms with van der Waals surface area (Å²) in [6, 6.07) is 14.0. The first kappa shape index (κ1) is 23.0. The van der Waals surface area contributed by atoms with E-state index in [1.54, 1.807) is 7.05 Å². The predicted molar refractivity (Wildman–Crippen MR) is 123 cm³/mol. The molecule has 1 atom stereocenters. The summed E-state index contributed by atoms with van der Waals surface area (Å²) in [7, 11) is 5.72. The van der Waals surface area contributed by atoms with Gasteiger partial charge in [-0.1, -0.05) is 24.3 Å². The molecule has 1 heterocycles. The summed E-state index contributed by atoms with van der Waals surface area (Å²) in [5, 5.41) is 6.58. The molecule has 0 spiro atoms. The Morgan fingerprint density at radius 3 is 2.56 bits per heavy atom. The molecule has 1 aromatic heterocycles. The van der Waals surface area contributed by atoms with Crippen LogP contribution in [0.2, 0.25) is 0 Å². The van der Waals surface area contributed by atoms with Crippen molar-refractivity contribution < 1.29 is 4.74 Å². The van der Waals surface area contributed by atoms with Crippen LogP contribution < -0.4 is 20.3 Å². The van der Waals surface area contributed by atoms with Gasteiger partial charge in [0, 0.05) is 21.1 Å². The Morgan fingerprint density at radius 2 is 1.89 bits per heavy atom. The van der Waals surface area contributed by atoms with Gasteiger partial charge in [-0.3, -0.25) is 4.99 Å². The fraction of sp³-hybridized carbons (Fsp3) is 0.400. The zero-order chi connectivity index (χ0) is 18.9. The Hall–Kier alpha value is -2.03. The molecular formula is C20H30IN5O. The SMILES string of the molecule is CN=C(NCc1cccc(N(C)C)n1)NCC(C)Oc1ccccc1C.I. The topological polar surface area (TPSA) is 61.8 Å². The van der Waals surface area contributed by atoms with E-state index in [0.29, 0.717) is 13.1 Å². The van der Waals surface area contributed by atoms with Crippen molar-refractivity contribution >= 4 is 35.8 Å². The number of hydrogen-bond donors (Lipinski definition) is 2. The zero-order valence-corrected chi connectivity index (χ0v) is 19.0. The van der Waals surface area contributed by atoms with Crippen LogP contribution in [-0.2, 0) is 6.54 Å². The van der Waals surface area contributed by atoms with Crippen molar-refractivity contribution in [2.45, 2.75) is 26.5 Å². The van der Waals surface area contributed by atoms with Crippen LogP contribution >= 0.6 is 24.0 Å². The molecule has 0 aliphatic heterocycles. The highest BCUT2D eigenvalue weighted by atomic mass is 127. The third-order valence-corrected chi connectivity index (χ3v) is 3.89. The van der Waals surface area contributed by atoms with Crippen LogP contribution in [0.25, 0.3) is 0 Å². The Morgan fingerprint density at radius 1 is 1.15 bits per heavy atom. The molecule has 27 heavy (non-hydrogen) atoms. The van der Waals surface area contributed by atoms with Gasteiger partial charge in [0.15, 0.2) is 5.96 Å². The Labute approximate surface area is 179 Å². The third-order valence-electron chi connectivity index (χ3n) is 3.89. The van der Waals surface area contributed by atoms with E-state index in [1.807, 2.05) is 75.3 Å². The summed E-state index contributed by atoms with van der Waals surface area (Å²) in [6.45, 7) is 5.34. The molecule has 0 radical (unpaired) electrons. The first-order valence-electron chi connectivity index (χ1n) is 8.79. The van der Waals surface area contributed by atoms with Gasteiger partial charge in [0.05, 0.1) is 18.8 Å². The number of rotatable bonds is 7. The van der Waals surface area contributed by atoms with E-state index in [1.165, 1.54) is 0 Å². The number of pyridine rings is 1. The van der Waals surface area contributed by atoms with Gasteiger partial charge in [0.2, 0.25) is 0 Å². The van der Waals surface area contributed by atoms with Crippen molar-refractivity contribution in [3.8, 4) is 5.75 Å². The molecule has 1 aromatic carbocycles. The van der Waals surface area contributed by atoms with Crippen LogP contribution in [-0.4, -0.2) is 44.7 Å². The van der Waals surface area contributed by atoms with Crippen molar-refractivity contribution in [2.24, 2.45) is 4.99 Å². The van der Waals surface area contributed by atoms with Crippen LogP contribution in [0.15, 0.2) is 47.5 Å². The van der Waals surface area contributed by atoms with E-state index in [-0.39, 0.29) is 30.1 Å². The minimum atomic E-state index is 0. The fourth-order valence-corrected chi connectivity index (χ4v) is 2.40. The molecule has 0 bridgehead atoms. The highest BCUT2D eigenvalue weighted by Crippen LogP contribution is 2.17. The molecule has 1 unspecified atom stereocenters. The van der Waals surface area contributed by atoms with Crippen LogP contribution in [0, 0.1) is 6.92 Å². The lowest BCUT2D eigenvalue weighted by molar-refractivity contribution is 0.222. The lowest BCUT2D eigenvalue weighted by Gasteiger charge is -2.19. The second kappa shape index (κ2) is 11.6. The second-order valence-corrected chi connectivity index (χ2v) is 6.38. The van der Waals surface area contributed by atoms with Crippen LogP contribution in [0.3, 0.4) is 0 Å². The molecule has 148 valence electrons. The number of para-hydroxylation sites is 1. The number of guanidine groups is 1. The van der Waals surface area contributed by atoms with Crippen LogP contribution in [0.1, 0.15) is 18.2 Å². The normalized spacial score (nSPS) is 12.0. The Balaban J connectivity index is 0.00000364. The van der Waals surface area contributed by atoms with E-state index in [9.17, 15) is 0 Å². The van der Waals surface area contributed by atoms with E-state index in [0.717, 1.165) is 28.8 Å². The quantitative estimate of drug-likeness (QED) is 0.360. The predicted octanol–water partition coefficient (Wildman–Crippen LogP) is 3.21. The van der Waals surface area contributed by atoms with Gasteiger partial charge in [0.25, 0.3) is 0 Å². The number of ether oxygens (including phenoxy) is 1. The second-order valence-electron chi connectivity index (χ2n) is 6.38. The van der Waals surface area contributed by atoms with E-state index >= 15 is 0 Å². The van der Waals surface area contributed by atoms with Crippen LogP contribution in [0.5, 0.6) is 5.75 Å². The monoisotopic (exact) mass is 483 g/mol. The van der Waals surface area contributed by atoms with Crippen molar-refractivity contribution in [2.75, 3.05) is 32.6 Å². The molecule has 0 saturated heterocycles. The van der Waals surface area contributed by atoms with Crippen molar-refractivity contribution in [1.29, 1.82) is 0 Å². The van der Waals surface area contributed by atoms with Gasteiger partial charge in [-0.15, -0.1) is 24.0 Å². The fourth-order valence-electron chi connectivity index (χ4n) is 2.40. The number of aryl methyl sites for hydroxylation is 1. The minimum absolute atomic E-state index is 0. The number of benzene rings is 1. The summed E-state index contributed by atoms with van der Waals surface area (Å²) in [4.78, 5) is 10.8. The Bertz CT molecular complexity index is 736. The van der Waals surface area contributed by atoms with Gasteiger partial charge in [-0.05, 0) is 37.6 Å². The lowest BCUT2D eigenvalue weighted by Crippen LogP contribution is -2.41. The largest absolute Gasteiger partial charge is 0.489 e.